The monoisotopic (exact) mass is 513 g/mol. The average molecular weight is 514 g/mol. The predicted octanol–water partition coefficient (Wildman–Crippen LogP) is 6.06. The number of anilines is 1. The first-order valence-corrected chi connectivity index (χ1v) is 11.8. The molecule has 2 aromatic heterocycles. The number of ketones is 1. The summed E-state index contributed by atoms with van der Waals surface area (Å²) in [5.74, 6) is -1.53. The van der Waals surface area contributed by atoms with E-state index in [0.29, 0.717) is 32.8 Å². The van der Waals surface area contributed by atoms with Gasteiger partial charge in [0.1, 0.15) is 0 Å². The average Bonchev–Trinajstić information content (AvgIpc) is 3.57. The fourth-order valence-corrected chi connectivity index (χ4v) is 4.93. The molecule has 6 rings (SSSR count). The number of methoxy groups -OCH3 is 1. The number of benzene rings is 3. The maximum atomic E-state index is 13.8. The van der Waals surface area contributed by atoms with E-state index in [2.05, 4.69) is 9.97 Å². The number of imidazole rings is 1. The first-order chi connectivity index (χ1) is 17.9. The van der Waals surface area contributed by atoms with Crippen molar-refractivity contribution in [2.75, 3.05) is 12.0 Å². The molecular weight excluding hydrogens is 494 g/mol. The van der Waals surface area contributed by atoms with Gasteiger partial charge in [-0.05, 0) is 42.3 Å². The Labute approximate surface area is 215 Å². The molecule has 9 heteroatoms. The fraction of sp³-hybridized carbons (Fsp3) is 0.107. The number of aromatic nitrogens is 2. The molecule has 1 atom stereocenters. The van der Waals surface area contributed by atoms with Gasteiger partial charge in [-0.25, -0.2) is 4.98 Å². The number of nitrogens with zero attached hydrogens (tertiary/aromatic N) is 2. The number of aromatic amines is 1. The lowest BCUT2D eigenvalue weighted by atomic mass is 9.95. The van der Waals surface area contributed by atoms with Gasteiger partial charge >= 0.3 is 0 Å². The summed E-state index contributed by atoms with van der Waals surface area (Å²) < 4.78 is 11.2. The lowest BCUT2D eigenvalue weighted by molar-refractivity contribution is -0.117. The number of nitrogens with one attached hydrogen (secondary N) is 1. The van der Waals surface area contributed by atoms with Crippen LogP contribution < -0.4 is 9.64 Å². The van der Waals surface area contributed by atoms with E-state index < -0.39 is 23.5 Å². The molecule has 0 bridgehead atoms. The zero-order valence-electron chi connectivity index (χ0n) is 19.8. The smallest absolute Gasteiger partial charge is 0.296 e. The lowest BCUT2D eigenvalue weighted by Gasteiger charge is -2.24. The number of carbonyl (C=O) groups excluding carboxylic acids is 2. The summed E-state index contributed by atoms with van der Waals surface area (Å²) >= 11 is 6.18. The lowest BCUT2D eigenvalue weighted by Crippen LogP contribution is -2.31. The van der Waals surface area contributed by atoms with Crippen LogP contribution in [0.25, 0.3) is 22.0 Å². The minimum absolute atomic E-state index is 0.0621. The van der Waals surface area contributed by atoms with Gasteiger partial charge in [0.2, 0.25) is 11.7 Å². The third kappa shape index (κ3) is 3.65. The van der Waals surface area contributed by atoms with Gasteiger partial charge in [-0.15, -0.1) is 0 Å². The minimum atomic E-state index is -0.943. The largest absolute Gasteiger partial charge is 0.503 e. The van der Waals surface area contributed by atoms with Crippen LogP contribution in [0.5, 0.6) is 5.75 Å². The normalized spacial score (nSPS) is 15.8. The van der Waals surface area contributed by atoms with Crippen LogP contribution in [-0.2, 0) is 4.79 Å². The number of ether oxygens (including phenoxy) is 1. The second-order valence-corrected chi connectivity index (χ2v) is 9.23. The molecule has 2 N–H and O–H groups in total. The fourth-order valence-electron chi connectivity index (χ4n) is 4.71. The van der Waals surface area contributed by atoms with Crippen LogP contribution in [0.4, 0.5) is 5.95 Å². The number of rotatable bonds is 5. The third-order valence-corrected chi connectivity index (χ3v) is 6.63. The van der Waals surface area contributed by atoms with E-state index in [4.69, 9.17) is 20.8 Å². The zero-order chi connectivity index (χ0) is 25.8. The molecule has 1 unspecified atom stereocenters. The highest BCUT2D eigenvalue weighted by atomic mass is 35.5. The highest BCUT2D eigenvalue weighted by Gasteiger charge is 2.46. The molecule has 3 heterocycles. The van der Waals surface area contributed by atoms with Crippen LogP contribution in [0.15, 0.2) is 82.5 Å². The number of aryl methyl sites for hydroxylation is 1. The zero-order valence-corrected chi connectivity index (χ0v) is 20.5. The first-order valence-electron chi connectivity index (χ1n) is 11.5. The van der Waals surface area contributed by atoms with Crippen molar-refractivity contribution in [3.05, 3.63) is 100.0 Å². The number of aliphatic hydroxyl groups excluding tert-OH is 1. The number of H-pyrrole nitrogens is 1. The summed E-state index contributed by atoms with van der Waals surface area (Å²) in [5.41, 5.74) is 3.25. The van der Waals surface area contributed by atoms with Crippen LogP contribution in [-0.4, -0.2) is 33.9 Å². The quantitative estimate of drug-likeness (QED) is 0.276. The van der Waals surface area contributed by atoms with E-state index in [9.17, 15) is 14.7 Å². The van der Waals surface area contributed by atoms with Crippen molar-refractivity contribution >= 4 is 51.2 Å². The Morgan fingerprint density at radius 2 is 1.92 bits per heavy atom. The molecule has 0 saturated heterocycles. The third-order valence-electron chi connectivity index (χ3n) is 6.41. The Hall–Kier alpha value is -4.56. The van der Waals surface area contributed by atoms with Gasteiger partial charge in [0, 0.05) is 16.5 Å². The molecule has 3 aromatic carbocycles. The number of halogens is 1. The van der Waals surface area contributed by atoms with Crippen molar-refractivity contribution in [1.29, 1.82) is 0 Å². The van der Waals surface area contributed by atoms with Crippen molar-refractivity contribution in [1.82, 2.24) is 9.97 Å². The second-order valence-electron chi connectivity index (χ2n) is 8.80. The molecule has 0 spiro atoms. The maximum absolute atomic E-state index is 13.8. The Bertz CT molecular complexity index is 1750. The Morgan fingerprint density at radius 3 is 2.68 bits per heavy atom. The van der Waals surface area contributed by atoms with Crippen molar-refractivity contribution < 1.29 is 23.8 Å². The Morgan fingerprint density at radius 1 is 1.14 bits per heavy atom. The number of Topliss-reactive ketones (excluding diaryl/α,β-unsaturated/α-hetero) is 1. The van der Waals surface area contributed by atoms with Crippen molar-refractivity contribution in [2.45, 2.75) is 13.0 Å². The summed E-state index contributed by atoms with van der Waals surface area (Å²) in [5, 5.41) is 12.0. The summed E-state index contributed by atoms with van der Waals surface area (Å²) in [6.07, 6.45) is 0. The minimum Gasteiger partial charge on any atom is -0.503 e. The van der Waals surface area contributed by atoms with E-state index in [1.807, 2.05) is 31.2 Å². The van der Waals surface area contributed by atoms with Crippen LogP contribution in [0, 0.1) is 6.92 Å². The molecule has 184 valence electrons. The molecule has 0 aliphatic carbocycles. The summed E-state index contributed by atoms with van der Waals surface area (Å²) in [6.45, 7) is 1.95. The molecule has 1 amide bonds. The number of hydrogen-bond acceptors (Lipinski definition) is 6. The SMILES string of the molecule is COc1cc(Cl)cc2cc(C(=O)C3=C(O)C(=O)N(c4nc5ccc(C)cc5[nH]4)C3c3ccccc3)oc12. The van der Waals surface area contributed by atoms with Gasteiger partial charge in [-0.1, -0.05) is 48.0 Å². The van der Waals surface area contributed by atoms with Crippen LogP contribution in [0.1, 0.15) is 27.7 Å². The molecule has 37 heavy (non-hydrogen) atoms. The van der Waals surface area contributed by atoms with Crippen molar-refractivity contribution in [3.63, 3.8) is 0 Å². The number of furan rings is 1. The number of fused-ring (bicyclic) bond motifs is 2. The second kappa shape index (κ2) is 8.53. The number of aliphatic hydroxyl groups is 1. The Kier molecular flexibility index (Phi) is 5.27. The van der Waals surface area contributed by atoms with Crippen LogP contribution in [0.3, 0.4) is 0 Å². The standard InChI is InChI=1S/C28H20ClN3O5/c1-14-8-9-18-19(10-14)31-28(30-18)32-23(15-6-4-3-5-7-15)22(25(34)27(32)35)24(33)20-12-16-11-17(29)13-21(36-2)26(16)37-20/h3-13,23,34H,1-2H3,(H,30,31). The van der Waals surface area contributed by atoms with Gasteiger partial charge in [-0.2, -0.15) is 0 Å². The molecule has 0 fully saturated rings. The molecule has 1 aliphatic rings. The number of hydrogen-bond donors (Lipinski definition) is 2. The number of carbonyl (C=O) groups is 2. The molecule has 1 aliphatic heterocycles. The molecule has 0 saturated carbocycles. The molecule has 5 aromatic rings. The van der Waals surface area contributed by atoms with E-state index in [1.165, 1.54) is 18.1 Å². The Balaban J connectivity index is 1.50. The van der Waals surface area contributed by atoms with E-state index >= 15 is 0 Å². The van der Waals surface area contributed by atoms with Gasteiger partial charge < -0.3 is 19.2 Å². The van der Waals surface area contributed by atoms with Crippen molar-refractivity contribution in [2.24, 2.45) is 0 Å². The van der Waals surface area contributed by atoms with Gasteiger partial charge in [-0.3, -0.25) is 14.5 Å². The highest BCUT2D eigenvalue weighted by molar-refractivity contribution is 6.31. The van der Waals surface area contributed by atoms with Gasteiger partial charge in [0.15, 0.2) is 22.9 Å². The summed E-state index contributed by atoms with van der Waals surface area (Å²) in [6, 6.07) is 18.5. The van der Waals surface area contributed by atoms with E-state index in [1.54, 1.807) is 36.4 Å². The van der Waals surface area contributed by atoms with Gasteiger partial charge in [0.25, 0.3) is 5.91 Å². The highest BCUT2D eigenvalue weighted by Crippen LogP contribution is 2.42. The first kappa shape index (κ1) is 22.9. The van der Waals surface area contributed by atoms with Crippen LogP contribution >= 0.6 is 11.6 Å². The van der Waals surface area contributed by atoms with E-state index in [-0.39, 0.29) is 17.3 Å². The summed E-state index contributed by atoms with van der Waals surface area (Å²) in [7, 11) is 1.47. The summed E-state index contributed by atoms with van der Waals surface area (Å²) in [4.78, 5) is 36.3. The maximum Gasteiger partial charge on any atom is 0.296 e. The van der Waals surface area contributed by atoms with Gasteiger partial charge in [0.05, 0.1) is 29.8 Å². The molecular formula is C28H20ClN3O5. The van der Waals surface area contributed by atoms with E-state index in [0.717, 1.165) is 11.1 Å². The number of amides is 1. The predicted molar refractivity (Wildman–Crippen MR) is 139 cm³/mol. The molecule has 0 radical (unpaired) electrons. The van der Waals surface area contributed by atoms with Crippen LogP contribution in [0.2, 0.25) is 5.02 Å². The topological polar surface area (TPSA) is 109 Å². The molecule has 8 nitrogen and oxygen atoms in total. The van der Waals surface area contributed by atoms with Crippen molar-refractivity contribution in [3.8, 4) is 5.75 Å².